The van der Waals surface area contributed by atoms with Crippen LogP contribution >= 0.6 is 22.9 Å². The Morgan fingerprint density at radius 1 is 1.30 bits per heavy atom. The van der Waals surface area contributed by atoms with Crippen LogP contribution in [0.1, 0.15) is 51.5 Å². The van der Waals surface area contributed by atoms with Gasteiger partial charge < -0.3 is 10.3 Å². The normalized spacial score (nSPS) is 18.7. The first-order valence-electron chi connectivity index (χ1n) is 8.73. The molecule has 0 unspecified atom stereocenters. The van der Waals surface area contributed by atoms with E-state index in [1.54, 1.807) is 11.3 Å². The highest BCUT2D eigenvalue weighted by molar-refractivity contribution is 7.15. The van der Waals surface area contributed by atoms with Gasteiger partial charge in [-0.2, -0.15) is 0 Å². The van der Waals surface area contributed by atoms with E-state index in [0.29, 0.717) is 10.8 Å². The lowest BCUT2D eigenvalue weighted by atomic mass is 9.94. The molecule has 5 nitrogen and oxygen atoms in total. The van der Waals surface area contributed by atoms with Crippen molar-refractivity contribution in [1.29, 1.82) is 0 Å². The molecule has 1 aliphatic rings. The van der Waals surface area contributed by atoms with Crippen molar-refractivity contribution in [3.05, 3.63) is 62.3 Å². The summed E-state index contributed by atoms with van der Waals surface area (Å²) in [4.78, 5) is 14.1. The first-order chi connectivity index (χ1) is 12.9. The third-order valence-electron chi connectivity index (χ3n) is 5.13. The SMILES string of the molecule is Cc1noc2c1-c1sc(C)c(C)c1[C@@H](c1ccc(Cl)cc1)N[C@H]2CC(N)=O. The Kier molecular flexibility index (Phi) is 4.58. The lowest BCUT2D eigenvalue weighted by molar-refractivity contribution is -0.118. The van der Waals surface area contributed by atoms with E-state index in [1.165, 1.54) is 16.0 Å². The molecule has 27 heavy (non-hydrogen) atoms. The number of carbonyl (C=O) groups is 1. The lowest BCUT2D eigenvalue weighted by Gasteiger charge is -2.23. The predicted molar refractivity (Wildman–Crippen MR) is 107 cm³/mol. The van der Waals surface area contributed by atoms with Gasteiger partial charge in [-0.1, -0.05) is 28.9 Å². The Morgan fingerprint density at radius 2 is 2.00 bits per heavy atom. The van der Waals surface area contributed by atoms with Gasteiger partial charge in [-0.25, -0.2) is 0 Å². The van der Waals surface area contributed by atoms with Gasteiger partial charge in [-0.3, -0.25) is 10.1 Å². The first-order valence-corrected chi connectivity index (χ1v) is 9.92. The molecule has 0 aliphatic carbocycles. The monoisotopic (exact) mass is 401 g/mol. The van der Waals surface area contributed by atoms with Crippen molar-refractivity contribution in [2.45, 2.75) is 39.3 Å². The van der Waals surface area contributed by atoms with E-state index in [2.05, 4.69) is 24.3 Å². The standard InChI is InChI=1S/C20H20ClN3O2S/c1-9-11(3)27-20-16(9)18(12-4-6-13(21)7-5-12)23-14(8-15(22)25)19-17(20)10(2)24-26-19/h4-7,14,18,23H,8H2,1-3H3,(H2,22,25)/t14-,18+/m0/s1. The minimum absolute atomic E-state index is 0.103. The van der Waals surface area contributed by atoms with Crippen molar-refractivity contribution >= 4 is 28.8 Å². The Hall–Kier alpha value is -2.15. The summed E-state index contributed by atoms with van der Waals surface area (Å²) in [5.41, 5.74) is 10.8. The van der Waals surface area contributed by atoms with E-state index in [9.17, 15) is 4.79 Å². The third-order valence-corrected chi connectivity index (χ3v) is 6.62. The van der Waals surface area contributed by atoms with Crippen LogP contribution in [0.5, 0.6) is 0 Å². The van der Waals surface area contributed by atoms with Crippen LogP contribution in [0.15, 0.2) is 28.8 Å². The van der Waals surface area contributed by atoms with Crippen LogP contribution in [-0.4, -0.2) is 11.1 Å². The van der Waals surface area contributed by atoms with Crippen molar-refractivity contribution in [2.24, 2.45) is 5.73 Å². The van der Waals surface area contributed by atoms with Crippen LogP contribution in [0.4, 0.5) is 0 Å². The maximum Gasteiger partial charge on any atom is 0.219 e. The van der Waals surface area contributed by atoms with Gasteiger partial charge in [0.25, 0.3) is 0 Å². The highest BCUT2D eigenvalue weighted by atomic mass is 35.5. The number of hydrogen-bond acceptors (Lipinski definition) is 5. The molecule has 1 aliphatic heterocycles. The number of aromatic nitrogens is 1. The Labute approximate surface area is 166 Å². The van der Waals surface area contributed by atoms with E-state index < -0.39 is 0 Å². The molecule has 2 atom stereocenters. The second-order valence-corrected chi connectivity index (χ2v) is 8.57. The number of aryl methyl sites for hydroxylation is 2. The summed E-state index contributed by atoms with van der Waals surface area (Å²) in [6, 6.07) is 7.33. The zero-order chi connectivity index (χ0) is 19.3. The van der Waals surface area contributed by atoms with E-state index in [4.69, 9.17) is 21.9 Å². The smallest absolute Gasteiger partial charge is 0.219 e. The van der Waals surface area contributed by atoms with Crippen LogP contribution in [0, 0.1) is 20.8 Å². The number of thiophene rings is 1. The summed E-state index contributed by atoms with van der Waals surface area (Å²) in [7, 11) is 0. The fraction of sp³-hybridized carbons (Fsp3) is 0.300. The number of rotatable bonds is 3. The molecule has 1 amide bonds. The Morgan fingerprint density at radius 3 is 2.67 bits per heavy atom. The van der Waals surface area contributed by atoms with Crippen LogP contribution in [0.25, 0.3) is 10.4 Å². The molecule has 7 heteroatoms. The number of nitrogens with two attached hydrogens (primary N) is 1. The molecule has 0 radical (unpaired) electrons. The van der Waals surface area contributed by atoms with Crippen molar-refractivity contribution in [2.75, 3.05) is 0 Å². The Balaban J connectivity index is 1.96. The largest absolute Gasteiger partial charge is 0.370 e. The predicted octanol–water partition coefficient (Wildman–Crippen LogP) is 4.59. The second kappa shape index (κ2) is 6.78. The minimum atomic E-state index is -0.388. The third kappa shape index (κ3) is 3.08. The number of halogens is 1. The molecular weight excluding hydrogens is 382 g/mol. The van der Waals surface area contributed by atoms with Crippen LogP contribution < -0.4 is 11.1 Å². The number of nitrogens with zero attached hydrogens (tertiary/aromatic N) is 1. The van der Waals surface area contributed by atoms with Gasteiger partial charge in [0.2, 0.25) is 5.91 Å². The number of hydrogen-bond donors (Lipinski definition) is 2. The van der Waals surface area contributed by atoms with Crippen molar-refractivity contribution in [1.82, 2.24) is 10.5 Å². The maximum atomic E-state index is 11.7. The van der Waals surface area contributed by atoms with Gasteiger partial charge in [-0.15, -0.1) is 11.3 Å². The van der Waals surface area contributed by atoms with Crippen LogP contribution in [-0.2, 0) is 4.79 Å². The molecule has 0 fully saturated rings. The summed E-state index contributed by atoms with van der Waals surface area (Å²) in [6.45, 7) is 6.18. The van der Waals surface area contributed by atoms with Gasteiger partial charge in [0.15, 0.2) is 5.76 Å². The number of nitrogens with one attached hydrogen (secondary N) is 1. The fourth-order valence-electron chi connectivity index (χ4n) is 3.71. The van der Waals surface area contributed by atoms with E-state index in [0.717, 1.165) is 21.7 Å². The molecule has 0 saturated carbocycles. The van der Waals surface area contributed by atoms with Gasteiger partial charge in [0, 0.05) is 21.2 Å². The zero-order valence-corrected chi connectivity index (χ0v) is 16.9. The number of carbonyl (C=O) groups excluding carboxylic acids is 1. The van der Waals surface area contributed by atoms with Gasteiger partial charge in [0.1, 0.15) is 0 Å². The van der Waals surface area contributed by atoms with E-state index >= 15 is 0 Å². The number of primary amides is 1. The van der Waals surface area contributed by atoms with E-state index in [-0.39, 0.29) is 24.4 Å². The summed E-state index contributed by atoms with van der Waals surface area (Å²) in [5, 5.41) is 8.45. The summed E-state index contributed by atoms with van der Waals surface area (Å²) in [5.74, 6) is 0.283. The molecular formula is C20H20ClN3O2S. The lowest BCUT2D eigenvalue weighted by Crippen LogP contribution is -2.30. The van der Waals surface area contributed by atoms with Gasteiger partial charge in [-0.05, 0) is 49.6 Å². The van der Waals surface area contributed by atoms with Crippen molar-refractivity contribution in [3.63, 3.8) is 0 Å². The number of benzene rings is 1. The zero-order valence-electron chi connectivity index (χ0n) is 15.3. The molecule has 3 aromatic rings. The summed E-state index contributed by atoms with van der Waals surface area (Å²) >= 11 is 7.82. The molecule has 1 aromatic carbocycles. The molecule has 4 rings (SSSR count). The van der Waals surface area contributed by atoms with Crippen molar-refractivity contribution < 1.29 is 9.32 Å². The molecule has 0 saturated heterocycles. The Bertz CT molecular complexity index is 1020. The topological polar surface area (TPSA) is 81.2 Å². The second-order valence-electron chi connectivity index (χ2n) is 6.91. The maximum absolute atomic E-state index is 11.7. The molecule has 3 heterocycles. The van der Waals surface area contributed by atoms with Gasteiger partial charge >= 0.3 is 0 Å². The van der Waals surface area contributed by atoms with Gasteiger partial charge in [0.05, 0.1) is 23.3 Å². The van der Waals surface area contributed by atoms with E-state index in [1.807, 2.05) is 31.2 Å². The number of fused-ring (bicyclic) bond motifs is 3. The number of amides is 1. The summed E-state index contributed by atoms with van der Waals surface area (Å²) in [6.07, 6.45) is 0.138. The fourth-order valence-corrected chi connectivity index (χ4v) is 5.14. The summed E-state index contributed by atoms with van der Waals surface area (Å²) < 4.78 is 5.65. The molecule has 140 valence electrons. The first kappa shape index (κ1) is 18.2. The highest BCUT2D eigenvalue weighted by Crippen LogP contribution is 2.48. The minimum Gasteiger partial charge on any atom is -0.370 e. The molecule has 0 bridgehead atoms. The van der Waals surface area contributed by atoms with Crippen molar-refractivity contribution in [3.8, 4) is 10.4 Å². The quantitative estimate of drug-likeness (QED) is 0.672. The average molecular weight is 402 g/mol. The van der Waals surface area contributed by atoms with Crippen LogP contribution in [0.3, 0.4) is 0 Å². The van der Waals surface area contributed by atoms with Crippen LogP contribution in [0.2, 0.25) is 5.02 Å². The highest BCUT2D eigenvalue weighted by Gasteiger charge is 2.36. The molecule has 2 aromatic heterocycles. The average Bonchev–Trinajstić information content (AvgIpc) is 3.08. The molecule has 3 N–H and O–H groups in total. The molecule has 0 spiro atoms.